The van der Waals surface area contributed by atoms with Crippen molar-refractivity contribution in [3.05, 3.63) is 69.5 Å². The fourth-order valence-corrected chi connectivity index (χ4v) is 3.37. The maximum absolute atomic E-state index is 13.0. The number of carbonyl (C=O) groups excluding carboxylic acids is 2. The van der Waals surface area contributed by atoms with Gasteiger partial charge >= 0.3 is 0 Å². The number of halogens is 1. The third-order valence-corrected chi connectivity index (χ3v) is 5.15. The van der Waals surface area contributed by atoms with Crippen LogP contribution in [0.15, 0.2) is 42.5 Å². The lowest BCUT2D eigenvalue weighted by atomic mass is 9.98. The zero-order valence-electron chi connectivity index (χ0n) is 16.6. The zero-order valence-corrected chi connectivity index (χ0v) is 16.6. The van der Waals surface area contributed by atoms with E-state index in [0.29, 0.717) is 17.2 Å². The average Bonchev–Trinajstić information content (AvgIpc) is 2.74. The minimum absolute atomic E-state index is 0.0492. The minimum Gasteiger partial charge on any atom is -0.371 e. The van der Waals surface area contributed by atoms with E-state index < -0.39 is 22.6 Å². The second-order valence-electron chi connectivity index (χ2n) is 7.43. The standard InChI is InChI=1S/C21H23FN4O4/c1-14-8-10-25(11-9-14)19-7-6-17(26(29)30)13-18(19)21(28)24-23-20(27)12-15-2-4-16(22)5-3-15/h2-7,13-14H,8-12H2,1H3,(H,23,27)(H,24,28). The number of hydrogen-bond donors (Lipinski definition) is 2. The molecule has 0 atom stereocenters. The van der Waals surface area contributed by atoms with Gasteiger partial charge < -0.3 is 4.90 Å². The normalized spacial score (nSPS) is 14.3. The van der Waals surface area contributed by atoms with Gasteiger partial charge in [0.2, 0.25) is 5.91 Å². The Morgan fingerprint density at radius 1 is 1.13 bits per heavy atom. The highest BCUT2D eigenvalue weighted by molar-refractivity contribution is 6.01. The van der Waals surface area contributed by atoms with E-state index in [4.69, 9.17) is 0 Å². The molecule has 0 saturated carbocycles. The van der Waals surface area contributed by atoms with Crippen molar-refractivity contribution in [3.63, 3.8) is 0 Å². The Hall–Kier alpha value is -3.49. The summed E-state index contributed by atoms with van der Waals surface area (Å²) >= 11 is 0. The molecule has 0 unspecified atom stereocenters. The quantitative estimate of drug-likeness (QED) is 0.578. The predicted molar refractivity (Wildman–Crippen MR) is 109 cm³/mol. The van der Waals surface area contributed by atoms with Gasteiger partial charge in [-0.15, -0.1) is 0 Å². The van der Waals surface area contributed by atoms with Crippen LogP contribution in [0.3, 0.4) is 0 Å². The maximum Gasteiger partial charge on any atom is 0.272 e. The van der Waals surface area contributed by atoms with E-state index in [9.17, 15) is 24.1 Å². The van der Waals surface area contributed by atoms with E-state index >= 15 is 0 Å². The number of nitrogens with zero attached hydrogens (tertiary/aromatic N) is 2. The molecule has 9 heteroatoms. The van der Waals surface area contributed by atoms with Crippen molar-refractivity contribution in [1.29, 1.82) is 0 Å². The average molecular weight is 414 g/mol. The van der Waals surface area contributed by atoms with Gasteiger partial charge in [-0.2, -0.15) is 0 Å². The lowest BCUT2D eigenvalue weighted by molar-refractivity contribution is -0.384. The Kier molecular flexibility index (Phi) is 6.61. The Morgan fingerprint density at radius 3 is 2.43 bits per heavy atom. The second kappa shape index (κ2) is 9.34. The van der Waals surface area contributed by atoms with E-state index in [2.05, 4.69) is 17.8 Å². The van der Waals surface area contributed by atoms with Crippen LogP contribution in [0.1, 0.15) is 35.7 Å². The molecule has 0 aromatic heterocycles. The lowest BCUT2D eigenvalue weighted by Crippen LogP contribution is -2.43. The van der Waals surface area contributed by atoms with Gasteiger partial charge in [-0.25, -0.2) is 4.39 Å². The second-order valence-corrected chi connectivity index (χ2v) is 7.43. The van der Waals surface area contributed by atoms with Gasteiger partial charge in [-0.1, -0.05) is 19.1 Å². The molecular formula is C21H23FN4O4. The van der Waals surface area contributed by atoms with E-state index in [1.165, 1.54) is 36.4 Å². The summed E-state index contributed by atoms with van der Waals surface area (Å²) < 4.78 is 13.0. The number of carbonyl (C=O) groups is 2. The number of nitro benzene ring substituents is 1. The van der Waals surface area contributed by atoms with Gasteiger partial charge in [-0.05, 0) is 42.5 Å². The molecule has 158 valence electrons. The van der Waals surface area contributed by atoms with Crippen LogP contribution >= 0.6 is 0 Å². The summed E-state index contributed by atoms with van der Waals surface area (Å²) in [4.78, 5) is 37.4. The molecular weight excluding hydrogens is 391 g/mol. The molecule has 0 radical (unpaired) electrons. The highest BCUT2D eigenvalue weighted by Crippen LogP contribution is 2.29. The van der Waals surface area contributed by atoms with Gasteiger partial charge in [0.15, 0.2) is 0 Å². The minimum atomic E-state index is -0.639. The topological polar surface area (TPSA) is 105 Å². The first-order chi connectivity index (χ1) is 14.3. The van der Waals surface area contributed by atoms with Gasteiger partial charge in [0, 0.05) is 25.2 Å². The first-order valence-electron chi connectivity index (χ1n) is 9.70. The number of benzene rings is 2. The van der Waals surface area contributed by atoms with Crippen molar-refractivity contribution in [2.24, 2.45) is 5.92 Å². The van der Waals surface area contributed by atoms with Gasteiger partial charge in [0.25, 0.3) is 11.6 Å². The van der Waals surface area contributed by atoms with Crippen LogP contribution in [0.25, 0.3) is 0 Å². The molecule has 0 spiro atoms. The molecule has 1 heterocycles. The molecule has 1 fully saturated rings. The van der Waals surface area contributed by atoms with E-state index in [1.54, 1.807) is 6.07 Å². The molecule has 30 heavy (non-hydrogen) atoms. The van der Waals surface area contributed by atoms with Crippen molar-refractivity contribution in [3.8, 4) is 0 Å². The molecule has 0 aliphatic carbocycles. The molecule has 8 nitrogen and oxygen atoms in total. The number of nitrogens with one attached hydrogen (secondary N) is 2. The molecule has 1 aliphatic rings. The number of rotatable bonds is 5. The van der Waals surface area contributed by atoms with Gasteiger partial charge in [0.05, 0.1) is 22.6 Å². The van der Waals surface area contributed by atoms with Crippen molar-refractivity contribution in [1.82, 2.24) is 10.9 Å². The Bertz CT molecular complexity index is 941. The third kappa shape index (κ3) is 5.31. The zero-order chi connectivity index (χ0) is 21.7. The van der Waals surface area contributed by atoms with Crippen LogP contribution in [0, 0.1) is 21.8 Å². The number of amides is 2. The summed E-state index contributed by atoms with van der Waals surface area (Å²) in [6.07, 6.45) is 1.88. The lowest BCUT2D eigenvalue weighted by Gasteiger charge is -2.33. The first-order valence-corrected chi connectivity index (χ1v) is 9.70. The van der Waals surface area contributed by atoms with Crippen molar-refractivity contribution in [2.75, 3.05) is 18.0 Å². The summed E-state index contributed by atoms with van der Waals surface area (Å²) in [6.45, 7) is 3.66. The Labute approximate surface area is 173 Å². The van der Waals surface area contributed by atoms with Crippen LogP contribution in [0.5, 0.6) is 0 Å². The van der Waals surface area contributed by atoms with E-state index in [1.807, 2.05) is 4.90 Å². The van der Waals surface area contributed by atoms with E-state index in [-0.39, 0.29) is 17.7 Å². The molecule has 0 bridgehead atoms. The Balaban J connectivity index is 1.71. The highest BCUT2D eigenvalue weighted by Gasteiger charge is 2.23. The highest BCUT2D eigenvalue weighted by atomic mass is 19.1. The molecule has 1 aliphatic heterocycles. The number of hydrazine groups is 1. The fourth-order valence-electron chi connectivity index (χ4n) is 3.37. The molecule has 2 aromatic rings. The van der Waals surface area contributed by atoms with Crippen LogP contribution in [0.4, 0.5) is 15.8 Å². The predicted octanol–water partition coefficient (Wildman–Crippen LogP) is 2.97. The SMILES string of the molecule is CC1CCN(c2ccc([N+](=O)[O-])cc2C(=O)NNC(=O)Cc2ccc(F)cc2)CC1. The molecule has 2 N–H and O–H groups in total. The number of non-ortho nitro benzene ring substituents is 1. The largest absolute Gasteiger partial charge is 0.371 e. The van der Waals surface area contributed by atoms with Crippen molar-refractivity contribution >= 4 is 23.2 Å². The third-order valence-electron chi connectivity index (χ3n) is 5.15. The van der Waals surface area contributed by atoms with Crippen molar-refractivity contribution < 1.29 is 18.9 Å². The summed E-state index contributed by atoms with van der Waals surface area (Å²) in [6, 6.07) is 9.61. The molecule has 1 saturated heterocycles. The number of anilines is 1. The number of piperidine rings is 1. The molecule has 2 aromatic carbocycles. The Morgan fingerprint density at radius 2 is 1.80 bits per heavy atom. The van der Waals surface area contributed by atoms with Crippen LogP contribution in [-0.4, -0.2) is 29.8 Å². The first kappa shape index (κ1) is 21.2. The van der Waals surface area contributed by atoms with Gasteiger partial charge in [-0.3, -0.25) is 30.6 Å². The fraction of sp³-hybridized carbons (Fsp3) is 0.333. The maximum atomic E-state index is 13.0. The van der Waals surface area contributed by atoms with Crippen LogP contribution in [0.2, 0.25) is 0 Å². The summed E-state index contributed by atoms with van der Waals surface area (Å²) in [5.41, 5.74) is 5.74. The van der Waals surface area contributed by atoms with Crippen LogP contribution in [-0.2, 0) is 11.2 Å². The van der Waals surface area contributed by atoms with Gasteiger partial charge in [0.1, 0.15) is 5.82 Å². The number of nitro groups is 1. The smallest absolute Gasteiger partial charge is 0.272 e. The monoisotopic (exact) mass is 414 g/mol. The van der Waals surface area contributed by atoms with E-state index in [0.717, 1.165) is 25.9 Å². The van der Waals surface area contributed by atoms with Crippen LogP contribution < -0.4 is 15.8 Å². The summed E-state index contributed by atoms with van der Waals surface area (Å²) in [5, 5.41) is 11.2. The van der Waals surface area contributed by atoms with Crippen molar-refractivity contribution in [2.45, 2.75) is 26.2 Å². The summed E-state index contributed by atoms with van der Waals surface area (Å²) in [5.74, 6) is -0.950. The summed E-state index contributed by atoms with van der Waals surface area (Å²) in [7, 11) is 0. The molecule has 2 amide bonds. The molecule has 3 rings (SSSR count). The number of hydrogen-bond acceptors (Lipinski definition) is 5.